The number of nitrogens with one attached hydrogen (secondary N) is 2. The van der Waals surface area contributed by atoms with Crippen molar-refractivity contribution in [3.05, 3.63) is 12.1 Å². The highest BCUT2D eigenvalue weighted by molar-refractivity contribution is 5.97. The smallest absolute Gasteiger partial charge is 0.262 e. The quantitative estimate of drug-likeness (QED) is 0.596. The Kier molecular flexibility index (Phi) is 4.11. The summed E-state index contributed by atoms with van der Waals surface area (Å²) < 4.78 is 5.28. The Balaban J connectivity index is 2.08. The monoisotopic (exact) mass is 265 g/mol. The van der Waals surface area contributed by atoms with Crippen LogP contribution < -0.4 is 21.1 Å². The Morgan fingerprint density at radius 2 is 2.37 bits per heavy atom. The largest absolute Gasteiger partial charge is 0.482 e. The number of hydrogen-bond donors (Lipinski definition) is 4. The van der Waals surface area contributed by atoms with Crippen LogP contribution in [0.15, 0.2) is 12.1 Å². The van der Waals surface area contributed by atoms with Crippen LogP contribution in [0.3, 0.4) is 0 Å². The fraction of sp³-hybridized carbons (Fsp3) is 0.462. The van der Waals surface area contributed by atoms with Crippen molar-refractivity contribution < 1.29 is 14.6 Å². The fourth-order valence-corrected chi connectivity index (χ4v) is 1.90. The minimum absolute atomic E-state index is 0.0206. The molecule has 104 valence electrons. The molecule has 2 rings (SSSR count). The number of aliphatic hydroxyl groups excluding tert-OH is 1. The topological polar surface area (TPSA) is 96.6 Å². The summed E-state index contributed by atoms with van der Waals surface area (Å²) in [4.78, 5) is 11.3. The van der Waals surface area contributed by atoms with E-state index in [1.54, 1.807) is 12.1 Å². The maximum Gasteiger partial charge on any atom is 0.262 e. The Morgan fingerprint density at radius 3 is 3.11 bits per heavy atom. The zero-order valence-corrected chi connectivity index (χ0v) is 10.9. The van der Waals surface area contributed by atoms with E-state index < -0.39 is 0 Å². The standard InChI is InChI=1S/C13H19N3O3/c1-8(2-3-17)6-15-10-5-11-12(4-9(10)14)19-7-13(18)16-11/h4-5,8,15,17H,2-3,6-7,14H2,1H3,(H,16,18). The van der Waals surface area contributed by atoms with Gasteiger partial charge in [-0.05, 0) is 18.4 Å². The molecule has 1 aliphatic heterocycles. The number of anilines is 3. The van der Waals surface area contributed by atoms with Gasteiger partial charge in [-0.1, -0.05) is 6.92 Å². The SMILES string of the molecule is CC(CCO)CNc1cc2c(cc1N)OCC(=O)N2. The third-order valence-electron chi connectivity index (χ3n) is 3.05. The number of carbonyl (C=O) groups is 1. The zero-order valence-electron chi connectivity index (χ0n) is 10.9. The summed E-state index contributed by atoms with van der Waals surface area (Å²) in [5.74, 6) is 0.759. The van der Waals surface area contributed by atoms with Crippen molar-refractivity contribution in [1.29, 1.82) is 0 Å². The Bertz CT molecular complexity index is 476. The van der Waals surface area contributed by atoms with Crippen LogP contribution in [0.2, 0.25) is 0 Å². The predicted molar refractivity (Wildman–Crippen MR) is 74.3 cm³/mol. The van der Waals surface area contributed by atoms with E-state index in [-0.39, 0.29) is 19.1 Å². The average molecular weight is 265 g/mol. The molecule has 0 spiro atoms. The molecular formula is C13H19N3O3. The first-order valence-corrected chi connectivity index (χ1v) is 6.31. The molecule has 6 heteroatoms. The summed E-state index contributed by atoms with van der Waals surface area (Å²) in [5, 5.41) is 14.8. The summed E-state index contributed by atoms with van der Waals surface area (Å²) in [6, 6.07) is 3.47. The molecule has 0 aromatic heterocycles. The molecule has 0 saturated heterocycles. The maximum atomic E-state index is 11.3. The summed E-state index contributed by atoms with van der Waals surface area (Å²) in [7, 11) is 0. The number of hydrogen-bond acceptors (Lipinski definition) is 5. The van der Waals surface area contributed by atoms with Gasteiger partial charge in [0.05, 0.1) is 17.1 Å². The molecule has 0 radical (unpaired) electrons. The second-order valence-electron chi connectivity index (χ2n) is 4.77. The summed E-state index contributed by atoms with van der Waals surface area (Å²) in [6.07, 6.45) is 0.734. The molecule has 0 aliphatic carbocycles. The highest BCUT2D eigenvalue weighted by Gasteiger charge is 2.17. The van der Waals surface area contributed by atoms with Gasteiger partial charge in [0, 0.05) is 19.2 Å². The van der Waals surface area contributed by atoms with Crippen molar-refractivity contribution in [3.63, 3.8) is 0 Å². The number of nitrogens with two attached hydrogens (primary N) is 1. The first-order chi connectivity index (χ1) is 9.10. The van der Waals surface area contributed by atoms with E-state index in [1.807, 2.05) is 6.92 Å². The van der Waals surface area contributed by atoms with Gasteiger partial charge < -0.3 is 26.2 Å². The van der Waals surface area contributed by atoms with Gasteiger partial charge in [-0.15, -0.1) is 0 Å². The van der Waals surface area contributed by atoms with Gasteiger partial charge in [-0.25, -0.2) is 0 Å². The lowest BCUT2D eigenvalue weighted by molar-refractivity contribution is -0.118. The van der Waals surface area contributed by atoms with Gasteiger partial charge in [-0.3, -0.25) is 4.79 Å². The highest BCUT2D eigenvalue weighted by Crippen LogP contribution is 2.35. The van der Waals surface area contributed by atoms with E-state index in [0.29, 0.717) is 29.6 Å². The molecule has 0 saturated carbocycles. The summed E-state index contributed by atoms with van der Waals surface area (Å²) in [5.41, 5.74) is 7.90. The molecule has 1 heterocycles. The van der Waals surface area contributed by atoms with Crippen molar-refractivity contribution in [2.75, 3.05) is 36.1 Å². The van der Waals surface area contributed by atoms with E-state index in [9.17, 15) is 4.79 Å². The summed E-state index contributed by atoms with van der Waals surface area (Å²) in [6.45, 7) is 2.94. The van der Waals surface area contributed by atoms with E-state index >= 15 is 0 Å². The van der Waals surface area contributed by atoms with Crippen LogP contribution in [0.4, 0.5) is 17.1 Å². The maximum absolute atomic E-state index is 11.3. The molecule has 1 aromatic carbocycles. The molecule has 1 aromatic rings. The van der Waals surface area contributed by atoms with Crippen LogP contribution in [-0.2, 0) is 4.79 Å². The van der Waals surface area contributed by atoms with Crippen molar-refractivity contribution in [2.24, 2.45) is 5.92 Å². The van der Waals surface area contributed by atoms with Crippen LogP contribution in [0.5, 0.6) is 5.75 Å². The van der Waals surface area contributed by atoms with Gasteiger partial charge in [0.1, 0.15) is 5.75 Å². The van der Waals surface area contributed by atoms with E-state index in [0.717, 1.165) is 12.1 Å². The molecule has 1 unspecified atom stereocenters. The fourth-order valence-electron chi connectivity index (χ4n) is 1.90. The minimum Gasteiger partial charge on any atom is -0.482 e. The molecule has 1 aliphatic rings. The number of benzene rings is 1. The van der Waals surface area contributed by atoms with Crippen LogP contribution in [-0.4, -0.2) is 30.8 Å². The molecule has 6 nitrogen and oxygen atoms in total. The lowest BCUT2D eigenvalue weighted by Gasteiger charge is -2.21. The molecular weight excluding hydrogens is 246 g/mol. The third-order valence-corrected chi connectivity index (χ3v) is 3.05. The van der Waals surface area contributed by atoms with E-state index in [4.69, 9.17) is 15.6 Å². The number of nitrogen functional groups attached to an aromatic ring is 1. The number of fused-ring (bicyclic) bond motifs is 1. The van der Waals surface area contributed by atoms with Crippen molar-refractivity contribution in [2.45, 2.75) is 13.3 Å². The van der Waals surface area contributed by atoms with Crippen molar-refractivity contribution in [3.8, 4) is 5.75 Å². The summed E-state index contributed by atoms with van der Waals surface area (Å²) >= 11 is 0. The van der Waals surface area contributed by atoms with Gasteiger partial charge in [0.25, 0.3) is 5.91 Å². The van der Waals surface area contributed by atoms with Crippen LogP contribution in [0, 0.1) is 5.92 Å². The number of ether oxygens (including phenoxy) is 1. The Morgan fingerprint density at radius 1 is 1.58 bits per heavy atom. The number of aliphatic hydroxyl groups is 1. The van der Waals surface area contributed by atoms with E-state index in [1.165, 1.54) is 0 Å². The first-order valence-electron chi connectivity index (χ1n) is 6.31. The van der Waals surface area contributed by atoms with Gasteiger partial charge in [-0.2, -0.15) is 0 Å². The zero-order chi connectivity index (χ0) is 13.8. The van der Waals surface area contributed by atoms with E-state index in [2.05, 4.69) is 10.6 Å². The van der Waals surface area contributed by atoms with Gasteiger partial charge in [0.15, 0.2) is 6.61 Å². The van der Waals surface area contributed by atoms with Gasteiger partial charge >= 0.3 is 0 Å². The molecule has 19 heavy (non-hydrogen) atoms. The second kappa shape index (κ2) is 5.79. The molecule has 1 atom stereocenters. The van der Waals surface area contributed by atoms with Crippen molar-refractivity contribution >= 4 is 23.0 Å². The lowest BCUT2D eigenvalue weighted by Crippen LogP contribution is -2.25. The average Bonchev–Trinajstić information content (AvgIpc) is 2.37. The third kappa shape index (κ3) is 3.29. The number of carbonyl (C=O) groups excluding carboxylic acids is 1. The molecule has 5 N–H and O–H groups in total. The predicted octanol–water partition coefficient (Wildman–Crippen LogP) is 1.03. The molecule has 0 bridgehead atoms. The molecule has 0 fully saturated rings. The lowest BCUT2D eigenvalue weighted by atomic mass is 10.1. The number of amides is 1. The minimum atomic E-state index is -0.170. The second-order valence-corrected chi connectivity index (χ2v) is 4.77. The van der Waals surface area contributed by atoms with Crippen molar-refractivity contribution in [1.82, 2.24) is 0 Å². The van der Waals surface area contributed by atoms with Crippen LogP contribution in [0.1, 0.15) is 13.3 Å². The Hall–Kier alpha value is -1.95. The normalized spacial score (nSPS) is 15.2. The van der Waals surface area contributed by atoms with Crippen LogP contribution >= 0.6 is 0 Å². The Labute approximate surface area is 111 Å². The highest BCUT2D eigenvalue weighted by atomic mass is 16.5. The first kappa shape index (κ1) is 13.5. The van der Waals surface area contributed by atoms with Gasteiger partial charge in [0.2, 0.25) is 0 Å². The molecule has 1 amide bonds. The number of rotatable bonds is 5. The van der Waals surface area contributed by atoms with Crippen LogP contribution in [0.25, 0.3) is 0 Å².